The average Bonchev–Trinajstić information content (AvgIpc) is 3.10. The first-order valence-electron chi connectivity index (χ1n) is 8.10. The molecule has 1 fully saturated rings. The third-order valence-electron chi connectivity index (χ3n) is 2.87. The number of halogens is 12. The summed E-state index contributed by atoms with van der Waals surface area (Å²) < 4.78 is 159. The molecule has 1 saturated heterocycles. The molecule has 0 unspecified atom stereocenters. The fraction of sp³-hybridized carbons (Fsp3) is 1.00. The minimum absolute atomic E-state index is 1.38. The maximum atomic E-state index is 12.1. The second kappa shape index (κ2) is 11.6. The van der Waals surface area contributed by atoms with E-state index in [0.717, 1.165) is 0 Å². The van der Waals surface area contributed by atoms with E-state index in [2.05, 4.69) is 23.9 Å². The van der Waals surface area contributed by atoms with Crippen LogP contribution >= 0.6 is 0 Å². The van der Waals surface area contributed by atoms with Gasteiger partial charge >= 0.3 is 31.7 Å². The van der Waals surface area contributed by atoms with Crippen LogP contribution in [-0.2, 0) is 18.6 Å². The van der Waals surface area contributed by atoms with Gasteiger partial charge < -0.3 is 23.9 Å². The molecule has 0 aromatic carbocycles. The van der Waals surface area contributed by atoms with Gasteiger partial charge in [-0.05, 0) is 0 Å². The van der Waals surface area contributed by atoms with Crippen LogP contribution in [0.3, 0.4) is 0 Å². The van der Waals surface area contributed by atoms with Crippen molar-refractivity contribution in [1.82, 2.24) is 0 Å². The summed E-state index contributed by atoms with van der Waals surface area (Å²) in [4.78, 5) is 0. The molecule has 0 radical (unpaired) electrons. The molecule has 2 N–H and O–H groups in total. The molecule has 0 atom stereocenters. The Morgan fingerprint density at radius 3 is 0.867 bits per heavy atom. The molecule has 0 amide bonds. The monoisotopic (exact) mass is 479 g/mol. The molecule has 0 aromatic rings. The first kappa shape index (κ1) is 29.0. The normalized spacial score (nSPS) is 16.4. The molecule has 1 heterocycles. The number of hydrogen-bond donors (Lipinski definition) is 1. The molecule has 1 aliphatic rings. The second-order valence-corrected chi connectivity index (χ2v) is 5.86. The summed E-state index contributed by atoms with van der Waals surface area (Å²) in [5.41, 5.74) is 0. The van der Waals surface area contributed by atoms with Gasteiger partial charge in [0.2, 0.25) is 0 Å². The van der Waals surface area contributed by atoms with Crippen LogP contribution in [0.5, 0.6) is 0 Å². The molecule has 1 aliphatic heterocycles. The average molecular weight is 479 g/mol. The van der Waals surface area contributed by atoms with E-state index in [1.807, 2.05) is 0 Å². The predicted molar refractivity (Wildman–Crippen MR) is 74.7 cm³/mol. The van der Waals surface area contributed by atoms with Crippen LogP contribution in [0.15, 0.2) is 0 Å². The van der Waals surface area contributed by atoms with Crippen LogP contribution in [-0.4, -0.2) is 71.2 Å². The lowest BCUT2D eigenvalue weighted by Gasteiger charge is -2.41. The van der Waals surface area contributed by atoms with Gasteiger partial charge in [0.05, 0.1) is 13.1 Å². The number of rotatable bonds is 8. The van der Waals surface area contributed by atoms with Crippen molar-refractivity contribution < 1.29 is 76.6 Å². The molecule has 0 saturated carbocycles. The highest BCUT2D eigenvalue weighted by atomic mass is 19.4. The van der Waals surface area contributed by atoms with Gasteiger partial charge in [0.15, 0.2) is 0 Å². The predicted octanol–water partition coefficient (Wildman–Crippen LogP) is 3.08. The largest absolute Gasteiger partial charge is 0.532 e. The molecule has 5 nitrogen and oxygen atoms in total. The zero-order chi connectivity index (χ0) is 23.7. The quantitative estimate of drug-likeness (QED) is 0.430. The lowest BCUT2D eigenvalue weighted by Crippen LogP contribution is -2.80. The maximum Gasteiger partial charge on any atom is 0.532 e. The zero-order valence-electron chi connectivity index (χ0n) is 15.0. The molecule has 0 aromatic heterocycles. The van der Waals surface area contributed by atoms with Gasteiger partial charge in [-0.15, -0.1) is 0 Å². The minimum atomic E-state index is -5.35. The van der Waals surface area contributed by atoms with Gasteiger partial charge in [0, 0.05) is 12.8 Å². The van der Waals surface area contributed by atoms with Gasteiger partial charge in [-0.1, -0.05) is 0 Å². The van der Waals surface area contributed by atoms with Gasteiger partial charge in [-0.2, -0.15) is 52.7 Å². The first-order chi connectivity index (χ1) is 13.3. The van der Waals surface area contributed by atoms with E-state index in [9.17, 15) is 52.7 Å². The molecule has 0 bridgehead atoms. The van der Waals surface area contributed by atoms with E-state index in [0.29, 0.717) is 0 Å². The fourth-order valence-electron chi connectivity index (χ4n) is 1.80. The Hall–Kier alpha value is -0.975. The molecule has 182 valence electrons. The summed E-state index contributed by atoms with van der Waals surface area (Å²) in [5.74, 6) is 0. The van der Waals surface area contributed by atoms with Crippen molar-refractivity contribution in [2.45, 2.75) is 37.5 Å². The Morgan fingerprint density at radius 2 is 0.733 bits per heavy atom. The lowest BCUT2D eigenvalue weighted by atomic mass is 10.0. The highest BCUT2D eigenvalue weighted by Crippen LogP contribution is 2.27. The van der Waals surface area contributed by atoms with Crippen molar-refractivity contribution >= 4 is 6.96 Å². The molecule has 18 heteroatoms. The van der Waals surface area contributed by atoms with Crippen molar-refractivity contribution in [3.63, 3.8) is 0 Å². The van der Waals surface area contributed by atoms with Crippen LogP contribution in [0.2, 0.25) is 0 Å². The topological polar surface area (TPSA) is 53.5 Å². The van der Waals surface area contributed by atoms with Crippen molar-refractivity contribution in [3.05, 3.63) is 0 Å². The van der Waals surface area contributed by atoms with Crippen molar-refractivity contribution in [1.29, 1.82) is 0 Å². The third kappa shape index (κ3) is 17.8. The summed E-state index contributed by atoms with van der Waals surface area (Å²) >= 11 is 0. The Balaban J connectivity index is 0.00000145. The molecular weight excluding hydrogens is 461 g/mol. The Labute approximate surface area is 162 Å². The fourth-order valence-corrected chi connectivity index (χ4v) is 1.80. The second-order valence-electron chi connectivity index (χ2n) is 5.86. The van der Waals surface area contributed by atoms with E-state index in [1.165, 1.54) is 25.9 Å². The van der Waals surface area contributed by atoms with Crippen molar-refractivity contribution in [2.24, 2.45) is 0 Å². The van der Waals surface area contributed by atoms with E-state index in [4.69, 9.17) is 0 Å². The summed E-state index contributed by atoms with van der Waals surface area (Å²) in [5, 5.41) is 2.36. The van der Waals surface area contributed by atoms with Crippen LogP contribution in [0.25, 0.3) is 0 Å². The summed E-state index contributed by atoms with van der Waals surface area (Å²) in [6.45, 7) is -12.8. The van der Waals surface area contributed by atoms with Crippen LogP contribution < -0.4 is 5.32 Å². The minimum Gasteiger partial charge on any atom is -0.512 e. The van der Waals surface area contributed by atoms with Crippen molar-refractivity contribution in [3.8, 4) is 0 Å². The third-order valence-corrected chi connectivity index (χ3v) is 2.87. The number of alkyl halides is 12. The summed E-state index contributed by atoms with van der Waals surface area (Å²) in [7, 11) is 0. The zero-order valence-corrected chi connectivity index (χ0v) is 15.0. The highest BCUT2D eigenvalue weighted by Gasteiger charge is 2.45. The van der Waals surface area contributed by atoms with Crippen LogP contribution in [0.1, 0.15) is 12.8 Å². The van der Waals surface area contributed by atoms with Gasteiger partial charge in [0.1, 0.15) is 26.4 Å². The molecule has 0 spiro atoms. The van der Waals surface area contributed by atoms with Gasteiger partial charge in [-0.25, -0.2) is 0 Å². The molecular formula is C12H18BF12NO4. The number of quaternary nitrogens is 1. The van der Waals surface area contributed by atoms with Gasteiger partial charge in [0.25, 0.3) is 0 Å². The van der Waals surface area contributed by atoms with E-state index in [-0.39, 0.29) is 0 Å². The molecule has 1 rings (SSSR count). The van der Waals surface area contributed by atoms with E-state index >= 15 is 0 Å². The van der Waals surface area contributed by atoms with Crippen molar-refractivity contribution in [2.75, 3.05) is 39.5 Å². The van der Waals surface area contributed by atoms with E-state index < -0.39 is 58.1 Å². The lowest BCUT2D eigenvalue weighted by molar-refractivity contribution is -0.635. The Bertz CT molecular complexity index is 391. The molecule has 30 heavy (non-hydrogen) atoms. The summed E-state index contributed by atoms with van der Waals surface area (Å²) in [6, 6.07) is 0. The summed E-state index contributed by atoms with van der Waals surface area (Å²) in [6.07, 6.45) is -18.5. The smallest absolute Gasteiger partial charge is 0.512 e. The molecule has 0 aliphatic carbocycles. The Kier molecular flexibility index (Phi) is 11.2. The van der Waals surface area contributed by atoms with E-state index in [1.54, 1.807) is 0 Å². The highest BCUT2D eigenvalue weighted by molar-refractivity contribution is 6.53. The van der Waals surface area contributed by atoms with Crippen LogP contribution in [0.4, 0.5) is 52.7 Å². The standard InChI is InChI=1S/C8H8BF12O4.C4H9N/c10-5(11,12)1-22-9(23-2-6(13,14)15,24-3-7(16,17)18)25-4-8(19,20)21;1-2-4-5-3-1/h1-4H2;5H,1-4H2/q-1;/p+1. The SMILES string of the molecule is C1CC[NH2+]C1.FC(F)(F)CO[B-](OCC(F)(F)F)(OCC(F)(F)F)OCC(F)(F)F. The van der Waals surface area contributed by atoms with Crippen LogP contribution in [0, 0.1) is 0 Å². The first-order valence-corrected chi connectivity index (χ1v) is 8.10. The number of hydrogen-bond acceptors (Lipinski definition) is 4. The van der Waals surface area contributed by atoms with Gasteiger partial charge in [-0.3, -0.25) is 0 Å². The number of nitrogens with two attached hydrogens (primary N) is 1. The maximum absolute atomic E-state index is 12.1. The Morgan fingerprint density at radius 1 is 0.500 bits per heavy atom.